The van der Waals surface area contributed by atoms with Crippen LogP contribution in [0.4, 0.5) is 18.9 Å². The molecule has 0 radical (unpaired) electrons. The molecule has 9 heteroatoms. The molecule has 2 aromatic carbocycles. The standard InChI is InChI=1S/C17H12F3NO5/c18-17(19,20)26-14-8-5-12(6-9-14)7-10-16(22)25-11-13-3-1-2-4-15(13)21(23)24/h1-10H,11H2/b10-7+. The number of carbonyl (C=O) groups excluding carboxylic acids is 1. The summed E-state index contributed by atoms with van der Waals surface area (Å²) in [6.07, 6.45) is -2.38. The third-order valence-electron chi connectivity index (χ3n) is 3.08. The molecule has 2 aromatic rings. The van der Waals surface area contributed by atoms with Crippen LogP contribution in [-0.2, 0) is 16.1 Å². The summed E-state index contributed by atoms with van der Waals surface area (Å²) in [7, 11) is 0. The van der Waals surface area contributed by atoms with E-state index in [0.29, 0.717) is 5.56 Å². The van der Waals surface area contributed by atoms with Crippen molar-refractivity contribution in [2.24, 2.45) is 0 Å². The van der Waals surface area contributed by atoms with Crippen molar-refractivity contribution in [3.8, 4) is 5.75 Å². The number of esters is 1. The number of nitro benzene ring substituents is 1. The molecule has 0 aromatic heterocycles. The molecule has 0 atom stereocenters. The van der Waals surface area contributed by atoms with Crippen molar-refractivity contribution >= 4 is 17.7 Å². The van der Waals surface area contributed by atoms with Crippen LogP contribution in [0.15, 0.2) is 54.6 Å². The molecular weight excluding hydrogens is 355 g/mol. The zero-order valence-electron chi connectivity index (χ0n) is 13.1. The minimum absolute atomic E-state index is 0.162. The van der Waals surface area contributed by atoms with E-state index >= 15 is 0 Å². The van der Waals surface area contributed by atoms with Gasteiger partial charge in [0.25, 0.3) is 5.69 Å². The zero-order chi connectivity index (χ0) is 19.2. The third-order valence-corrected chi connectivity index (χ3v) is 3.08. The average molecular weight is 367 g/mol. The Kier molecular flexibility index (Phi) is 5.94. The fraction of sp³-hybridized carbons (Fsp3) is 0.118. The van der Waals surface area contributed by atoms with Crippen LogP contribution < -0.4 is 4.74 Å². The van der Waals surface area contributed by atoms with Gasteiger partial charge in [0.1, 0.15) is 12.4 Å². The molecule has 0 fully saturated rings. The number of hydrogen-bond acceptors (Lipinski definition) is 5. The Morgan fingerprint density at radius 3 is 2.38 bits per heavy atom. The molecule has 0 heterocycles. The Morgan fingerprint density at radius 1 is 1.12 bits per heavy atom. The van der Waals surface area contributed by atoms with Gasteiger partial charge >= 0.3 is 12.3 Å². The lowest BCUT2D eigenvalue weighted by Gasteiger charge is -2.08. The van der Waals surface area contributed by atoms with Crippen LogP contribution in [0.5, 0.6) is 5.75 Å². The summed E-state index contributed by atoms with van der Waals surface area (Å²) in [6, 6.07) is 10.7. The lowest BCUT2D eigenvalue weighted by atomic mass is 10.2. The Morgan fingerprint density at radius 2 is 1.77 bits per heavy atom. The molecule has 6 nitrogen and oxygen atoms in total. The predicted octanol–water partition coefficient (Wildman–Crippen LogP) is 4.25. The summed E-state index contributed by atoms with van der Waals surface area (Å²) < 4.78 is 44.8. The van der Waals surface area contributed by atoms with Crippen molar-refractivity contribution in [3.63, 3.8) is 0 Å². The minimum Gasteiger partial charge on any atom is -0.457 e. The van der Waals surface area contributed by atoms with Crippen LogP contribution in [-0.4, -0.2) is 17.3 Å². The molecule has 26 heavy (non-hydrogen) atoms. The lowest BCUT2D eigenvalue weighted by molar-refractivity contribution is -0.385. The molecule has 0 aliphatic heterocycles. The Balaban J connectivity index is 1.93. The number of nitro groups is 1. The van der Waals surface area contributed by atoms with Gasteiger partial charge in [-0.1, -0.05) is 24.3 Å². The van der Waals surface area contributed by atoms with Crippen molar-refractivity contribution in [3.05, 3.63) is 75.8 Å². The first-order valence-corrected chi connectivity index (χ1v) is 7.17. The third kappa shape index (κ3) is 5.93. The topological polar surface area (TPSA) is 78.7 Å². The molecule has 0 saturated carbocycles. The maximum atomic E-state index is 12.1. The fourth-order valence-electron chi connectivity index (χ4n) is 1.95. The average Bonchev–Trinajstić information content (AvgIpc) is 2.58. The van der Waals surface area contributed by atoms with Crippen LogP contribution in [0.3, 0.4) is 0 Å². The number of hydrogen-bond donors (Lipinski definition) is 0. The number of para-hydroxylation sites is 1. The molecule has 0 saturated heterocycles. The zero-order valence-corrected chi connectivity index (χ0v) is 13.1. The van der Waals surface area contributed by atoms with Crippen LogP contribution in [0.2, 0.25) is 0 Å². The summed E-state index contributed by atoms with van der Waals surface area (Å²) in [5.74, 6) is -1.13. The van der Waals surface area contributed by atoms with E-state index in [4.69, 9.17) is 4.74 Å². The minimum atomic E-state index is -4.78. The van der Waals surface area contributed by atoms with E-state index in [1.54, 1.807) is 6.07 Å². The number of ether oxygens (including phenoxy) is 2. The van der Waals surface area contributed by atoms with Crippen molar-refractivity contribution in [2.75, 3.05) is 0 Å². The first-order chi connectivity index (χ1) is 12.2. The molecule has 136 valence electrons. The van der Waals surface area contributed by atoms with E-state index in [9.17, 15) is 28.1 Å². The van der Waals surface area contributed by atoms with Crippen LogP contribution in [0.1, 0.15) is 11.1 Å². The lowest BCUT2D eigenvalue weighted by Crippen LogP contribution is -2.16. The van der Waals surface area contributed by atoms with E-state index < -0.39 is 17.3 Å². The molecule has 0 spiro atoms. The van der Waals surface area contributed by atoms with E-state index in [0.717, 1.165) is 18.2 Å². The first-order valence-electron chi connectivity index (χ1n) is 7.17. The van der Waals surface area contributed by atoms with Crippen LogP contribution in [0.25, 0.3) is 6.08 Å². The maximum Gasteiger partial charge on any atom is 0.573 e. The summed E-state index contributed by atoms with van der Waals surface area (Å²) in [4.78, 5) is 22.0. The van der Waals surface area contributed by atoms with Gasteiger partial charge in [0.05, 0.1) is 10.5 Å². The highest BCUT2D eigenvalue weighted by molar-refractivity contribution is 5.87. The molecule has 2 rings (SSSR count). The smallest absolute Gasteiger partial charge is 0.457 e. The summed E-state index contributed by atoms with van der Waals surface area (Å²) in [5, 5.41) is 10.9. The second-order valence-electron chi connectivity index (χ2n) is 4.94. The van der Waals surface area contributed by atoms with Gasteiger partial charge in [0.15, 0.2) is 0 Å². The van der Waals surface area contributed by atoms with Gasteiger partial charge in [-0.05, 0) is 29.8 Å². The second-order valence-corrected chi connectivity index (χ2v) is 4.94. The predicted molar refractivity (Wildman–Crippen MR) is 85.1 cm³/mol. The van der Waals surface area contributed by atoms with Gasteiger partial charge in [-0.15, -0.1) is 13.2 Å². The Hall–Kier alpha value is -3.36. The highest BCUT2D eigenvalue weighted by atomic mass is 19.4. The number of alkyl halides is 3. The number of benzene rings is 2. The normalized spacial score (nSPS) is 11.3. The molecule has 0 amide bonds. The van der Waals surface area contributed by atoms with Gasteiger partial charge in [0.2, 0.25) is 0 Å². The monoisotopic (exact) mass is 367 g/mol. The van der Waals surface area contributed by atoms with E-state index in [1.807, 2.05) is 0 Å². The van der Waals surface area contributed by atoms with Crippen molar-refractivity contribution in [1.29, 1.82) is 0 Å². The van der Waals surface area contributed by atoms with E-state index in [1.165, 1.54) is 36.4 Å². The fourth-order valence-corrected chi connectivity index (χ4v) is 1.95. The highest BCUT2D eigenvalue weighted by Gasteiger charge is 2.30. The number of carbonyl (C=O) groups is 1. The summed E-state index contributed by atoms with van der Waals surface area (Å²) in [5.41, 5.74) is 0.527. The van der Waals surface area contributed by atoms with Crippen LogP contribution in [0, 0.1) is 10.1 Å². The van der Waals surface area contributed by atoms with Gasteiger partial charge in [0, 0.05) is 12.1 Å². The van der Waals surface area contributed by atoms with Crippen molar-refractivity contribution < 1.29 is 32.4 Å². The molecule has 0 N–H and O–H groups in total. The van der Waals surface area contributed by atoms with E-state index in [-0.39, 0.29) is 23.6 Å². The van der Waals surface area contributed by atoms with Crippen molar-refractivity contribution in [1.82, 2.24) is 0 Å². The largest absolute Gasteiger partial charge is 0.573 e. The van der Waals surface area contributed by atoms with Gasteiger partial charge in [-0.3, -0.25) is 10.1 Å². The second kappa shape index (κ2) is 8.15. The van der Waals surface area contributed by atoms with Gasteiger partial charge in [-0.25, -0.2) is 4.79 Å². The molecule has 0 unspecified atom stereocenters. The molecule has 0 aliphatic carbocycles. The Bertz CT molecular complexity index is 816. The van der Waals surface area contributed by atoms with E-state index in [2.05, 4.69) is 4.74 Å². The number of halogens is 3. The maximum absolute atomic E-state index is 12.1. The summed E-state index contributed by atoms with van der Waals surface area (Å²) in [6.45, 7) is -0.279. The molecule has 0 bridgehead atoms. The Labute approximate surface area is 145 Å². The SMILES string of the molecule is O=C(/C=C/c1ccc(OC(F)(F)F)cc1)OCc1ccccc1[N+](=O)[O-]. The van der Waals surface area contributed by atoms with Gasteiger partial charge < -0.3 is 9.47 Å². The molecule has 0 aliphatic rings. The first kappa shape index (κ1) is 19.0. The van der Waals surface area contributed by atoms with Gasteiger partial charge in [-0.2, -0.15) is 0 Å². The number of nitrogens with zero attached hydrogens (tertiary/aromatic N) is 1. The van der Waals surface area contributed by atoms with Crippen molar-refractivity contribution in [2.45, 2.75) is 13.0 Å². The van der Waals surface area contributed by atoms with Crippen LogP contribution >= 0.6 is 0 Å². The number of rotatable bonds is 6. The summed E-state index contributed by atoms with van der Waals surface area (Å²) >= 11 is 0. The quantitative estimate of drug-likeness (QED) is 0.330. The highest BCUT2D eigenvalue weighted by Crippen LogP contribution is 2.23. The molecular formula is C17H12F3NO5.